The number of nitrogens with one attached hydrogen (secondary N) is 1. The van der Waals surface area contributed by atoms with Gasteiger partial charge in [-0.15, -0.1) is 0 Å². The highest BCUT2D eigenvalue weighted by atomic mass is 127. The van der Waals surface area contributed by atoms with Gasteiger partial charge in [0.25, 0.3) is 0 Å². The van der Waals surface area contributed by atoms with Crippen molar-refractivity contribution in [2.24, 2.45) is 0 Å². The monoisotopic (exact) mass is 483 g/mol. The number of halogens is 1. The van der Waals surface area contributed by atoms with Crippen molar-refractivity contribution in [1.82, 2.24) is 14.3 Å². The number of ether oxygens (including phenoxy) is 1. The lowest BCUT2D eigenvalue weighted by atomic mass is 10.2. The quantitative estimate of drug-likeness (QED) is 0.547. The van der Waals surface area contributed by atoms with Crippen LogP contribution < -0.4 is 9.46 Å². The fourth-order valence-electron chi connectivity index (χ4n) is 2.60. The molecule has 26 heavy (non-hydrogen) atoms. The Balaban J connectivity index is 1.85. The van der Waals surface area contributed by atoms with Crippen LogP contribution in [0, 0.1) is 10.5 Å². The molecule has 1 N–H and O–H groups in total. The molecule has 2 aromatic carbocycles. The van der Waals surface area contributed by atoms with Crippen molar-refractivity contribution >= 4 is 32.6 Å². The summed E-state index contributed by atoms with van der Waals surface area (Å²) in [5.74, 6) is 1.48. The largest absolute Gasteiger partial charge is 0.496 e. The van der Waals surface area contributed by atoms with Gasteiger partial charge in [0.2, 0.25) is 10.0 Å². The van der Waals surface area contributed by atoms with E-state index in [4.69, 9.17) is 4.74 Å². The summed E-state index contributed by atoms with van der Waals surface area (Å²) in [6, 6.07) is 12.4. The van der Waals surface area contributed by atoms with Crippen LogP contribution in [-0.2, 0) is 16.6 Å². The number of para-hydroxylation sites is 1. The summed E-state index contributed by atoms with van der Waals surface area (Å²) in [5.41, 5.74) is 1.76. The van der Waals surface area contributed by atoms with Crippen LogP contribution in [0.25, 0.3) is 5.69 Å². The lowest BCUT2D eigenvalue weighted by Gasteiger charge is -2.13. The summed E-state index contributed by atoms with van der Waals surface area (Å²) in [6.45, 7) is 2.08. The second kappa shape index (κ2) is 7.77. The highest BCUT2D eigenvalue weighted by molar-refractivity contribution is 14.1. The number of hydrogen-bond donors (Lipinski definition) is 1. The second-order valence-electron chi connectivity index (χ2n) is 5.59. The summed E-state index contributed by atoms with van der Waals surface area (Å²) in [7, 11) is -2.08. The van der Waals surface area contributed by atoms with Crippen molar-refractivity contribution in [2.45, 2.75) is 18.4 Å². The van der Waals surface area contributed by atoms with E-state index in [1.54, 1.807) is 25.4 Å². The van der Waals surface area contributed by atoms with E-state index < -0.39 is 10.0 Å². The number of imidazole rings is 1. The summed E-state index contributed by atoms with van der Waals surface area (Å²) >= 11 is 2.05. The van der Waals surface area contributed by atoms with E-state index in [2.05, 4.69) is 32.3 Å². The van der Waals surface area contributed by atoms with Gasteiger partial charge in [-0.2, -0.15) is 0 Å². The molecule has 0 bridgehead atoms. The molecule has 0 spiro atoms. The fraction of sp³-hybridized carbons (Fsp3) is 0.167. The van der Waals surface area contributed by atoms with E-state index in [-0.39, 0.29) is 11.4 Å². The minimum atomic E-state index is -3.64. The lowest BCUT2D eigenvalue weighted by Crippen LogP contribution is -2.24. The van der Waals surface area contributed by atoms with Crippen LogP contribution in [0.5, 0.6) is 5.75 Å². The minimum Gasteiger partial charge on any atom is -0.496 e. The average Bonchev–Trinajstić information content (AvgIpc) is 3.06. The van der Waals surface area contributed by atoms with Gasteiger partial charge in [-0.1, -0.05) is 18.2 Å². The Bertz CT molecular complexity index is 1030. The van der Waals surface area contributed by atoms with Gasteiger partial charge < -0.3 is 9.30 Å². The molecule has 6 nitrogen and oxygen atoms in total. The van der Waals surface area contributed by atoms with E-state index in [0.29, 0.717) is 5.75 Å². The Labute approximate surface area is 166 Å². The highest BCUT2D eigenvalue weighted by Gasteiger charge is 2.17. The van der Waals surface area contributed by atoms with Crippen molar-refractivity contribution < 1.29 is 13.2 Å². The molecule has 8 heteroatoms. The molecule has 0 unspecified atom stereocenters. The van der Waals surface area contributed by atoms with Crippen molar-refractivity contribution in [3.05, 3.63) is 69.8 Å². The van der Waals surface area contributed by atoms with Gasteiger partial charge in [-0.3, -0.25) is 0 Å². The molecule has 3 rings (SSSR count). The van der Waals surface area contributed by atoms with E-state index in [1.165, 1.54) is 6.07 Å². The zero-order valence-electron chi connectivity index (χ0n) is 14.3. The maximum atomic E-state index is 12.6. The molecule has 3 aromatic rings. The Morgan fingerprint density at radius 2 is 2.00 bits per heavy atom. The number of methoxy groups -OCH3 is 1. The van der Waals surface area contributed by atoms with Gasteiger partial charge >= 0.3 is 0 Å². The van der Waals surface area contributed by atoms with Gasteiger partial charge in [0, 0.05) is 18.9 Å². The first-order valence-electron chi connectivity index (χ1n) is 7.84. The van der Waals surface area contributed by atoms with Crippen LogP contribution in [0.3, 0.4) is 0 Å². The Morgan fingerprint density at radius 1 is 1.23 bits per heavy atom. The second-order valence-corrected chi connectivity index (χ2v) is 8.52. The predicted molar refractivity (Wildman–Crippen MR) is 108 cm³/mol. The summed E-state index contributed by atoms with van der Waals surface area (Å²) in [5, 5.41) is 0. The molecule has 0 radical (unpaired) electrons. The number of sulfonamides is 1. The molecule has 0 aliphatic carbocycles. The third kappa shape index (κ3) is 3.92. The van der Waals surface area contributed by atoms with Crippen LogP contribution in [-0.4, -0.2) is 25.1 Å². The third-order valence-corrected chi connectivity index (χ3v) is 6.21. The smallest absolute Gasteiger partial charge is 0.240 e. The van der Waals surface area contributed by atoms with Crippen LogP contribution in [0.15, 0.2) is 59.8 Å². The first-order chi connectivity index (χ1) is 12.4. The number of hydrogen-bond acceptors (Lipinski definition) is 4. The molecular formula is C18H18IN3O3S. The molecule has 0 aliphatic rings. The normalized spacial score (nSPS) is 11.5. The fourth-order valence-corrected chi connectivity index (χ4v) is 4.58. The van der Waals surface area contributed by atoms with Crippen molar-refractivity contribution in [3.63, 3.8) is 0 Å². The van der Waals surface area contributed by atoms with Crippen LogP contribution in [0.1, 0.15) is 11.4 Å². The molecule has 0 saturated heterocycles. The summed E-state index contributed by atoms with van der Waals surface area (Å²) in [4.78, 5) is 4.44. The third-order valence-electron chi connectivity index (χ3n) is 3.96. The molecule has 0 fully saturated rings. The first-order valence-corrected chi connectivity index (χ1v) is 10.4. The number of benzene rings is 2. The van der Waals surface area contributed by atoms with E-state index >= 15 is 0 Å². The standard InChI is InChI=1S/C18H18IN3O3S/c1-13-20-9-10-22(13)17-6-4-3-5-14(17)12-21-26(23,24)15-7-8-18(25-2)16(19)11-15/h3-11,21H,12H2,1-2H3. The molecule has 136 valence electrons. The van der Waals surface area contributed by atoms with E-state index in [0.717, 1.165) is 20.6 Å². The van der Waals surface area contributed by atoms with Crippen LogP contribution in [0.2, 0.25) is 0 Å². The Morgan fingerprint density at radius 3 is 2.65 bits per heavy atom. The van der Waals surface area contributed by atoms with Crippen LogP contribution in [0.4, 0.5) is 0 Å². The van der Waals surface area contributed by atoms with Crippen molar-refractivity contribution in [1.29, 1.82) is 0 Å². The summed E-state index contributed by atoms with van der Waals surface area (Å²) in [6.07, 6.45) is 3.57. The van der Waals surface area contributed by atoms with Gasteiger partial charge in [-0.25, -0.2) is 18.1 Å². The number of aromatic nitrogens is 2. The maximum Gasteiger partial charge on any atom is 0.240 e. The van der Waals surface area contributed by atoms with Gasteiger partial charge in [0.15, 0.2) is 0 Å². The topological polar surface area (TPSA) is 73.2 Å². The zero-order valence-corrected chi connectivity index (χ0v) is 17.3. The first kappa shape index (κ1) is 18.9. The molecule has 1 aromatic heterocycles. The van der Waals surface area contributed by atoms with Crippen molar-refractivity contribution in [2.75, 3.05) is 7.11 Å². The number of nitrogens with zero attached hydrogens (tertiary/aromatic N) is 2. The molecule has 0 amide bonds. The number of rotatable bonds is 6. The lowest BCUT2D eigenvalue weighted by molar-refractivity contribution is 0.411. The Kier molecular flexibility index (Phi) is 5.64. The maximum absolute atomic E-state index is 12.6. The zero-order chi connectivity index (χ0) is 18.7. The molecule has 1 heterocycles. The molecule has 0 saturated carbocycles. The van der Waals surface area contributed by atoms with Gasteiger partial charge in [0.1, 0.15) is 11.6 Å². The molecule has 0 aliphatic heterocycles. The Hall–Kier alpha value is -1.91. The highest BCUT2D eigenvalue weighted by Crippen LogP contribution is 2.24. The minimum absolute atomic E-state index is 0.179. The van der Waals surface area contributed by atoms with E-state index in [9.17, 15) is 8.42 Å². The average molecular weight is 483 g/mol. The predicted octanol–water partition coefficient (Wildman–Crippen LogP) is 3.27. The molecule has 0 atom stereocenters. The SMILES string of the molecule is COc1ccc(S(=O)(=O)NCc2ccccc2-n2ccnc2C)cc1I. The number of aryl methyl sites for hydroxylation is 1. The van der Waals surface area contributed by atoms with E-state index in [1.807, 2.05) is 42.0 Å². The van der Waals surface area contributed by atoms with Gasteiger partial charge in [-0.05, 0) is 59.3 Å². The van der Waals surface area contributed by atoms with Crippen LogP contribution >= 0.6 is 22.6 Å². The van der Waals surface area contributed by atoms with Crippen molar-refractivity contribution in [3.8, 4) is 11.4 Å². The summed E-state index contributed by atoms with van der Waals surface area (Å²) < 4.78 is 35.8. The molecular weight excluding hydrogens is 465 g/mol. The van der Waals surface area contributed by atoms with Gasteiger partial charge in [0.05, 0.1) is 21.3 Å².